The molecule has 1 saturated heterocycles. The van der Waals surface area contributed by atoms with Gasteiger partial charge in [0.05, 0.1) is 0 Å². The largest absolute Gasteiger partial charge is 0.480 e. The molecular formula is C9H17NO2. The molecule has 3 nitrogen and oxygen atoms in total. The van der Waals surface area contributed by atoms with Crippen LogP contribution in [-0.4, -0.2) is 35.1 Å². The third kappa shape index (κ3) is 1.97. The van der Waals surface area contributed by atoms with E-state index in [0.717, 1.165) is 19.0 Å². The SMILES string of the molecule is CCCC1CN(C(C)C(=O)O)C1. The summed E-state index contributed by atoms with van der Waals surface area (Å²) in [5.74, 6) is 0.0433. The fourth-order valence-electron chi connectivity index (χ4n) is 1.67. The van der Waals surface area contributed by atoms with Gasteiger partial charge in [0.25, 0.3) is 0 Å². The quantitative estimate of drug-likeness (QED) is 0.690. The fraction of sp³-hybridized carbons (Fsp3) is 0.889. The third-order valence-corrected chi connectivity index (χ3v) is 2.59. The lowest BCUT2D eigenvalue weighted by molar-refractivity contribution is -0.145. The molecule has 0 spiro atoms. The van der Waals surface area contributed by atoms with Crippen LogP contribution in [0.25, 0.3) is 0 Å². The van der Waals surface area contributed by atoms with Gasteiger partial charge in [-0.25, -0.2) is 0 Å². The Morgan fingerprint density at radius 3 is 2.67 bits per heavy atom. The molecule has 0 saturated carbocycles. The van der Waals surface area contributed by atoms with Gasteiger partial charge in [-0.05, 0) is 19.3 Å². The van der Waals surface area contributed by atoms with E-state index in [9.17, 15) is 4.79 Å². The normalized spacial score (nSPS) is 21.8. The topological polar surface area (TPSA) is 40.5 Å². The Bertz CT molecular complexity index is 164. The Balaban J connectivity index is 2.20. The maximum atomic E-state index is 10.6. The molecule has 1 fully saturated rings. The van der Waals surface area contributed by atoms with Crippen molar-refractivity contribution >= 4 is 5.97 Å². The van der Waals surface area contributed by atoms with E-state index >= 15 is 0 Å². The van der Waals surface area contributed by atoms with E-state index in [-0.39, 0.29) is 6.04 Å². The Morgan fingerprint density at radius 2 is 2.25 bits per heavy atom. The average Bonchev–Trinajstić information content (AvgIpc) is 1.94. The standard InChI is InChI=1S/C9H17NO2/c1-3-4-8-5-10(6-8)7(2)9(11)12/h7-8H,3-6H2,1-2H3,(H,11,12). The highest BCUT2D eigenvalue weighted by atomic mass is 16.4. The Labute approximate surface area is 73.4 Å². The second kappa shape index (κ2) is 3.90. The minimum absolute atomic E-state index is 0.293. The zero-order chi connectivity index (χ0) is 9.14. The summed E-state index contributed by atoms with van der Waals surface area (Å²) in [5, 5.41) is 8.69. The molecule has 1 rings (SSSR count). The number of carboxylic acids is 1. The lowest BCUT2D eigenvalue weighted by atomic mass is 9.93. The van der Waals surface area contributed by atoms with Gasteiger partial charge in [0.2, 0.25) is 0 Å². The van der Waals surface area contributed by atoms with Gasteiger partial charge in [0, 0.05) is 13.1 Å². The molecule has 1 N–H and O–H groups in total. The van der Waals surface area contributed by atoms with E-state index in [2.05, 4.69) is 6.92 Å². The minimum Gasteiger partial charge on any atom is -0.480 e. The van der Waals surface area contributed by atoms with Crippen LogP contribution in [0.5, 0.6) is 0 Å². The van der Waals surface area contributed by atoms with Gasteiger partial charge in [-0.2, -0.15) is 0 Å². The Morgan fingerprint density at radius 1 is 1.67 bits per heavy atom. The molecule has 0 bridgehead atoms. The molecule has 0 aromatic rings. The van der Waals surface area contributed by atoms with Crippen molar-refractivity contribution in [3.8, 4) is 0 Å². The number of rotatable bonds is 4. The number of carbonyl (C=O) groups is 1. The molecule has 1 aliphatic rings. The van der Waals surface area contributed by atoms with Crippen molar-refractivity contribution in [2.45, 2.75) is 32.7 Å². The maximum absolute atomic E-state index is 10.6. The van der Waals surface area contributed by atoms with E-state index < -0.39 is 5.97 Å². The highest BCUT2D eigenvalue weighted by Crippen LogP contribution is 2.22. The van der Waals surface area contributed by atoms with Crippen LogP contribution in [0.1, 0.15) is 26.7 Å². The molecule has 3 heteroatoms. The second-order valence-corrected chi connectivity index (χ2v) is 3.62. The van der Waals surface area contributed by atoms with Gasteiger partial charge < -0.3 is 5.11 Å². The van der Waals surface area contributed by atoms with Crippen LogP contribution < -0.4 is 0 Å². The van der Waals surface area contributed by atoms with Crippen LogP contribution in [0, 0.1) is 5.92 Å². The highest BCUT2D eigenvalue weighted by Gasteiger charge is 2.32. The van der Waals surface area contributed by atoms with E-state index in [1.807, 2.05) is 4.90 Å². The van der Waals surface area contributed by atoms with Gasteiger partial charge in [-0.3, -0.25) is 9.69 Å². The number of hydrogen-bond acceptors (Lipinski definition) is 2. The van der Waals surface area contributed by atoms with Crippen LogP contribution in [0.3, 0.4) is 0 Å². The van der Waals surface area contributed by atoms with Crippen LogP contribution >= 0.6 is 0 Å². The molecule has 0 aromatic carbocycles. The van der Waals surface area contributed by atoms with Crippen molar-refractivity contribution in [1.29, 1.82) is 0 Å². The minimum atomic E-state index is -0.704. The van der Waals surface area contributed by atoms with Crippen molar-refractivity contribution in [2.24, 2.45) is 5.92 Å². The summed E-state index contributed by atoms with van der Waals surface area (Å²) >= 11 is 0. The molecular weight excluding hydrogens is 154 g/mol. The van der Waals surface area contributed by atoms with Crippen LogP contribution in [-0.2, 0) is 4.79 Å². The van der Waals surface area contributed by atoms with Crippen molar-refractivity contribution < 1.29 is 9.90 Å². The molecule has 1 heterocycles. The summed E-state index contributed by atoms with van der Waals surface area (Å²) in [6.45, 7) is 5.87. The first-order valence-corrected chi connectivity index (χ1v) is 4.62. The molecule has 0 aliphatic carbocycles. The first-order chi connectivity index (χ1) is 5.65. The summed E-state index contributed by atoms with van der Waals surface area (Å²) in [6.07, 6.45) is 2.45. The molecule has 1 aliphatic heterocycles. The average molecular weight is 171 g/mol. The summed E-state index contributed by atoms with van der Waals surface area (Å²) in [7, 11) is 0. The third-order valence-electron chi connectivity index (χ3n) is 2.59. The number of likely N-dealkylation sites (tertiary alicyclic amines) is 1. The van der Waals surface area contributed by atoms with Crippen molar-refractivity contribution in [2.75, 3.05) is 13.1 Å². The number of carboxylic acid groups (broad SMARTS) is 1. The van der Waals surface area contributed by atoms with Gasteiger partial charge in [-0.15, -0.1) is 0 Å². The van der Waals surface area contributed by atoms with Gasteiger partial charge in [-0.1, -0.05) is 13.3 Å². The smallest absolute Gasteiger partial charge is 0.320 e. The zero-order valence-electron chi connectivity index (χ0n) is 7.79. The monoisotopic (exact) mass is 171 g/mol. The first-order valence-electron chi connectivity index (χ1n) is 4.62. The lowest BCUT2D eigenvalue weighted by Crippen LogP contribution is -2.53. The predicted molar refractivity (Wildman–Crippen MR) is 47.1 cm³/mol. The zero-order valence-corrected chi connectivity index (χ0v) is 7.79. The molecule has 1 atom stereocenters. The van der Waals surface area contributed by atoms with Crippen molar-refractivity contribution in [3.63, 3.8) is 0 Å². The number of nitrogens with zero attached hydrogens (tertiary/aromatic N) is 1. The summed E-state index contributed by atoms with van der Waals surface area (Å²) in [6, 6.07) is -0.293. The fourth-order valence-corrected chi connectivity index (χ4v) is 1.67. The predicted octanol–water partition coefficient (Wildman–Crippen LogP) is 1.19. The first kappa shape index (κ1) is 9.52. The molecule has 1 unspecified atom stereocenters. The van der Waals surface area contributed by atoms with Crippen molar-refractivity contribution in [1.82, 2.24) is 4.90 Å². The van der Waals surface area contributed by atoms with E-state index in [1.54, 1.807) is 6.92 Å². The number of hydrogen-bond donors (Lipinski definition) is 1. The van der Waals surface area contributed by atoms with E-state index in [1.165, 1.54) is 12.8 Å². The molecule has 0 amide bonds. The van der Waals surface area contributed by atoms with Gasteiger partial charge in [0.15, 0.2) is 0 Å². The maximum Gasteiger partial charge on any atom is 0.320 e. The number of aliphatic carboxylic acids is 1. The Hall–Kier alpha value is -0.570. The van der Waals surface area contributed by atoms with Crippen LogP contribution in [0.2, 0.25) is 0 Å². The second-order valence-electron chi connectivity index (χ2n) is 3.62. The van der Waals surface area contributed by atoms with E-state index in [4.69, 9.17) is 5.11 Å². The summed E-state index contributed by atoms with van der Waals surface area (Å²) in [4.78, 5) is 12.6. The highest BCUT2D eigenvalue weighted by molar-refractivity contribution is 5.73. The van der Waals surface area contributed by atoms with Crippen LogP contribution in [0.15, 0.2) is 0 Å². The van der Waals surface area contributed by atoms with E-state index in [0.29, 0.717) is 0 Å². The molecule has 0 aromatic heterocycles. The molecule has 0 radical (unpaired) electrons. The summed E-state index contributed by atoms with van der Waals surface area (Å²) < 4.78 is 0. The van der Waals surface area contributed by atoms with Gasteiger partial charge in [0.1, 0.15) is 6.04 Å². The lowest BCUT2D eigenvalue weighted by Gasteiger charge is -2.41. The van der Waals surface area contributed by atoms with Crippen molar-refractivity contribution in [3.05, 3.63) is 0 Å². The van der Waals surface area contributed by atoms with Gasteiger partial charge >= 0.3 is 5.97 Å². The molecule has 12 heavy (non-hydrogen) atoms. The Kier molecular flexibility index (Phi) is 3.09. The molecule has 70 valence electrons. The summed E-state index contributed by atoms with van der Waals surface area (Å²) in [5.41, 5.74) is 0. The van der Waals surface area contributed by atoms with Crippen LogP contribution in [0.4, 0.5) is 0 Å².